The molecule has 2 rings (SSSR count). The zero-order valence-electron chi connectivity index (χ0n) is 21.7. The van der Waals surface area contributed by atoms with Gasteiger partial charge in [-0.3, -0.25) is 4.74 Å². The third-order valence-corrected chi connectivity index (χ3v) is 10.1. The Hall–Kier alpha value is -0.876. The van der Waals surface area contributed by atoms with Crippen molar-refractivity contribution in [1.82, 2.24) is 0 Å². The molecule has 1 aliphatic carbocycles. The summed E-state index contributed by atoms with van der Waals surface area (Å²) >= 11 is 0. The Bertz CT molecular complexity index is 727. The Morgan fingerprint density at radius 1 is 0.879 bits per heavy atom. The van der Waals surface area contributed by atoms with E-state index in [1.54, 1.807) is 6.08 Å². The Balaban J connectivity index is 0.000000779. The van der Waals surface area contributed by atoms with Crippen LogP contribution in [0.5, 0.6) is 0 Å². The van der Waals surface area contributed by atoms with E-state index in [-0.39, 0.29) is 21.7 Å². The van der Waals surface area contributed by atoms with E-state index in [4.69, 9.17) is 4.74 Å². The Kier molecular flexibility index (Phi) is 19.9. The molecule has 33 heavy (non-hydrogen) atoms. The first kappa shape index (κ1) is 32.1. The monoisotopic (exact) mass is 501 g/mol. The molecule has 3 heteroatoms. The van der Waals surface area contributed by atoms with E-state index >= 15 is 0 Å². The van der Waals surface area contributed by atoms with Gasteiger partial charge in [0.25, 0.3) is 0 Å². The number of hydrogen-bond acceptors (Lipinski definition) is 1. The molecule has 1 aromatic carbocycles. The van der Waals surface area contributed by atoms with Crippen molar-refractivity contribution in [3.63, 3.8) is 0 Å². The van der Waals surface area contributed by atoms with Gasteiger partial charge >= 0.3 is 0 Å². The Labute approximate surface area is 220 Å². The van der Waals surface area contributed by atoms with Crippen LogP contribution in [0.2, 0.25) is 0 Å². The summed E-state index contributed by atoms with van der Waals surface area (Å²) in [6.45, 7) is 14.4. The quantitative estimate of drug-likeness (QED) is 0.0981. The smallest absolute Gasteiger partial charge is 0.0425 e. The molecule has 0 saturated heterocycles. The average molecular weight is 502 g/mol. The van der Waals surface area contributed by atoms with Crippen LogP contribution in [-0.4, -0.2) is 18.5 Å². The molecule has 0 fully saturated rings. The first-order valence-electron chi connectivity index (χ1n) is 12.9. The van der Waals surface area contributed by atoms with Crippen LogP contribution in [0, 0.1) is 0 Å². The summed E-state index contributed by atoms with van der Waals surface area (Å²) in [6.07, 6.45) is 26.1. The average Bonchev–Trinajstić information content (AvgIpc) is 3.33. The largest absolute Gasteiger partial charge is 0.272 e. The number of hydrogen-bond donors (Lipinski definition) is 0. The van der Waals surface area contributed by atoms with Crippen molar-refractivity contribution in [3.05, 3.63) is 79.1 Å². The molecule has 0 aliphatic heterocycles. The minimum absolute atomic E-state index is 0. The van der Waals surface area contributed by atoms with Gasteiger partial charge in [-0.2, -0.15) is 0 Å². The predicted octanol–water partition coefficient (Wildman–Crippen LogP) is 10.5. The predicted molar refractivity (Wildman–Crippen MR) is 150 cm³/mol. The number of unbranched alkanes of at least 4 members (excludes halogenated alkanes) is 6. The van der Waals surface area contributed by atoms with Crippen LogP contribution in [-0.2, 0) is 21.7 Å². The van der Waals surface area contributed by atoms with Gasteiger partial charge < -0.3 is 0 Å². The molecule has 1 nitrogen and oxygen atoms in total. The Morgan fingerprint density at radius 3 is 1.79 bits per heavy atom. The first-order chi connectivity index (χ1) is 15.6. The van der Waals surface area contributed by atoms with Gasteiger partial charge in [-0.05, 0) is 62.0 Å². The van der Waals surface area contributed by atoms with Crippen molar-refractivity contribution in [3.8, 4) is 0 Å². The number of rotatable bonds is 15. The van der Waals surface area contributed by atoms with E-state index in [0.717, 1.165) is 17.6 Å². The van der Waals surface area contributed by atoms with Gasteiger partial charge in [-0.15, -0.1) is 0 Å². The SMILES string of the molecule is C=CC(=C)c1ccccc1.CCCCCP(CCCCC)(CCCCC)=NC1=CC=CC1.[Ti]. The van der Waals surface area contributed by atoms with Gasteiger partial charge in [0, 0.05) is 33.8 Å². The molecule has 182 valence electrons. The van der Waals surface area contributed by atoms with Crippen molar-refractivity contribution >= 4 is 12.6 Å². The van der Waals surface area contributed by atoms with Crippen LogP contribution < -0.4 is 0 Å². The van der Waals surface area contributed by atoms with Gasteiger partial charge in [-0.1, -0.05) is 121 Å². The van der Waals surface area contributed by atoms with Crippen molar-refractivity contribution in [1.29, 1.82) is 0 Å². The zero-order chi connectivity index (χ0) is 23.5. The molecule has 1 aromatic rings. The van der Waals surface area contributed by atoms with Crippen molar-refractivity contribution in [2.24, 2.45) is 4.74 Å². The van der Waals surface area contributed by atoms with Crippen molar-refractivity contribution in [2.75, 3.05) is 18.5 Å². The molecular weight excluding hydrogens is 453 g/mol. The number of allylic oxidation sites excluding steroid dienone is 5. The molecule has 0 radical (unpaired) electrons. The molecule has 0 saturated carbocycles. The van der Waals surface area contributed by atoms with Crippen molar-refractivity contribution < 1.29 is 21.7 Å². The maximum Gasteiger partial charge on any atom is 0.0425 e. The summed E-state index contributed by atoms with van der Waals surface area (Å²) < 4.78 is 5.43. The van der Waals surface area contributed by atoms with Crippen LogP contribution in [0.4, 0.5) is 0 Å². The molecule has 0 N–H and O–H groups in total. The summed E-state index contributed by atoms with van der Waals surface area (Å²) in [7, 11) is -1.12. The summed E-state index contributed by atoms with van der Waals surface area (Å²) in [5.74, 6) is 0. The van der Waals surface area contributed by atoms with Gasteiger partial charge in [0.15, 0.2) is 0 Å². The van der Waals surface area contributed by atoms with E-state index in [9.17, 15) is 0 Å². The molecule has 0 spiro atoms. The normalized spacial score (nSPS) is 12.3. The topological polar surface area (TPSA) is 12.4 Å². The molecule has 0 bridgehead atoms. The fourth-order valence-electron chi connectivity index (χ4n) is 4.01. The fourth-order valence-corrected chi connectivity index (χ4v) is 8.11. The summed E-state index contributed by atoms with van der Waals surface area (Å²) in [6, 6.07) is 10.0. The van der Waals surface area contributed by atoms with E-state index in [1.807, 2.05) is 30.3 Å². The van der Waals surface area contributed by atoms with E-state index in [1.165, 1.54) is 82.0 Å². The zero-order valence-corrected chi connectivity index (χ0v) is 24.2. The molecular formula is C30H48NPTi. The molecule has 1 aliphatic rings. The Morgan fingerprint density at radius 2 is 1.39 bits per heavy atom. The van der Waals surface area contributed by atoms with Gasteiger partial charge in [0.2, 0.25) is 0 Å². The summed E-state index contributed by atoms with van der Waals surface area (Å²) in [5, 5.41) is 0. The van der Waals surface area contributed by atoms with E-state index in [0.29, 0.717) is 0 Å². The molecule has 0 amide bonds. The van der Waals surface area contributed by atoms with Crippen LogP contribution in [0.3, 0.4) is 0 Å². The maximum absolute atomic E-state index is 5.43. The second kappa shape index (κ2) is 20.5. The van der Waals surface area contributed by atoms with E-state index < -0.39 is 7.05 Å². The van der Waals surface area contributed by atoms with Crippen LogP contribution in [0.25, 0.3) is 5.57 Å². The molecule has 0 atom stereocenters. The summed E-state index contributed by atoms with van der Waals surface area (Å²) in [4.78, 5) is 0. The van der Waals surface area contributed by atoms with Gasteiger partial charge in [0.05, 0.1) is 0 Å². The fraction of sp³-hybridized carbons (Fsp3) is 0.533. The van der Waals surface area contributed by atoms with Gasteiger partial charge in [0.1, 0.15) is 0 Å². The second-order valence-corrected chi connectivity index (χ2v) is 12.6. The number of benzene rings is 1. The van der Waals surface area contributed by atoms with Crippen LogP contribution >= 0.6 is 7.05 Å². The summed E-state index contributed by atoms with van der Waals surface area (Å²) in [5.41, 5.74) is 3.48. The van der Waals surface area contributed by atoms with E-state index in [2.05, 4.69) is 52.2 Å². The third kappa shape index (κ3) is 14.2. The second-order valence-electron chi connectivity index (χ2n) is 8.87. The van der Waals surface area contributed by atoms with Gasteiger partial charge in [-0.25, -0.2) is 0 Å². The molecule has 0 aromatic heterocycles. The third-order valence-electron chi connectivity index (χ3n) is 6.02. The molecule has 0 unspecified atom stereocenters. The van der Waals surface area contributed by atoms with Crippen molar-refractivity contribution in [2.45, 2.75) is 85.0 Å². The van der Waals surface area contributed by atoms with Crippen LogP contribution in [0.15, 0.2) is 78.2 Å². The molecule has 0 heterocycles. The first-order valence-corrected chi connectivity index (χ1v) is 15.2. The minimum atomic E-state index is -1.12. The number of nitrogens with zero attached hydrogens (tertiary/aromatic N) is 1. The minimum Gasteiger partial charge on any atom is -0.272 e. The van der Waals surface area contributed by atoms with Crippen LogP contribution in [0.1, 0.15) is 90.5 Å². The standard InChI is InChI=1S/C20H38NP.C10H10.Ti/c1-4-7-12-17-22(18-13-8-5-2,19-14-9-6-3)21-20-15-10-11-16-20;1-3-9(2)10-7-5-4-6-8-10;/h10-11,15H,4-9,12-14,16-19H2,1-3H3;3-8H,1-2H2;. The maximum atomic E-state index is 5.43.